The van der Waals surface area contributed by atoms with Gasteiger partial charge in [0.2, 0.25) is 0 Å². The Morgan fingerprint density at radius 1 is 1.19 bits per heavy atom. The molecule has 4 atom stereocenters. The van der Waals surface area contributed by atoms with Gasteiger partial charge in [-0.2, -0.15) is 0 Å². The highest BCUT2D eigenvalue weighted by Gasteiger charge is 2.32. The molecule has 1 rings (SSSR count). The number of aliphatic hydroxyl groups is 6. The van der Waals surface area contributed by atoms with Crippen molar-refractivity contribution in [2.45, 2.75) is 24.4 Å². The minimum absolute atomic E-state index is 0.192. The number of benzene rings is 1. The number of rotatable bonds is 6. The maximum absolute atomic E-state index is 13.0. The van der Waals surface area contributed by atoms with Gasteiger partial charge in [0, 0.05) is 0 Å². The van der Waals surface area contributed by atoms with E-state index in [2.05, 4.69) is 0 Å². The molecule has 6 N–H and O–H groups in total. The summed E-state index contributed by atoms with van der Waals surface area (Å²) >= 11 is 5.55. The van der Waals surface area contributed by atoms with E-state index in [1.54, 1.807) is 0 Å². The zero-order valence-electron chi connectivity index (χ0n) is 10.8. The molecule has 118 valence electrons. The average molecular weight is 323 g/mol. The van der Waals surface area contributed by atoms with Gasteiger partial charge >= 0.3 is 0 Å². The Labute approximate surface area is 125 Å². The average Bonchev–Trinajstić information content (AvgIpc) is 2.47. The highest BCUT2D eigenvalue weighted by atomic mass is 35.5. The van der Waals surface area contributed by atoms with E-state index in [1.165, 1.54) is 12.1 Å². The van der Waals surface area contributed by atoms with Gasteiger partial charge < -0.3 is 30.6 Å². The molecular formula is C13H16ClFO6. The van der Waals surface area contributed by atoms with Crippen LogP contribution in [0.1, 0.15) is 5.56 Å². The standard InChI is InChI=1S/C13H16ClFO6/c14-7-3-6(1-2-8(7)15)4-9(17)11(19)13(21)12(20)10(18)5-16/h1-4,10-13,16-21H,5H2/t10-,11+,12-,13-/m1/s1. The summed E-state index contributed by atoms with van der Waals surface area (Å²) in [5.41, 5.74) is 0.252. The Hall–Kier alpha value is -1.22. The molecule has 1 aromatic rings. The van der Waals surface area contributed by atoms with Gasteiger partial charge in [0.25, 0.3) is 0 Å². The molecule has 0 aliphatic carbocycles. The Morgan fingerprint density at radius 2 is 1.81 bits per heavy atom. The normalized spacial score (nSPS) is 18.1. The largest absolute Gasteiger partial charge is 0.509 e. The fourth-order valence-electron chi connectivity index (χ4n) is 1.56. The first-order valence-corrected chi connectivity index (χ1v) is 6.34. The van der Waals surface area contributed by atoms with E-state index < -0.39 is 42.6 Å². The van der Waals surface area contributed by atoms with Crippen LogP contribution in [0.5, 0.6) is 0 Å². The summed E-state index contributed by atoms with van der Waals surface area (Å²) in [4.78, 5) is 0. The third kappa shape index (κ3) is 4.63. The fraction of sp³-hybridized carbons (Fsp3) is 0.385. The first-order valence-electron chi connectivity index (χ1n) is 5.96. The second-order valence-corrected chi connectivity index (χ2v) is 4.83. The third-order valence-electron chi connectivity index (χ3n) is 2.82. The maximum Gasteiger partial charge on any atom is 0.141 e. The van der Waals surface area contributed by atoms with E-state index >= 15 is 0 Å². The van der Waals surface area contributed by atoms with Crippen molar-refractivity contribution in [1.82, 2.24) is 0 Å². The van der Waals surface area contributed by atoms with Crippen LogP contribution in [0.15, 0.2) is 24.0 Å². The molecule has 0 fully saturated rings. The van der Waals surface area contributed by atoms with Gasteiger partial charge in [0.1, 0.15) is 36.0 Å². The first kappa shape index (κ1) is 17.8. The van der Waals surface area contributed by atoms with Crippen LogP contribution in [0, 0.1) is 5.82 Å². The molecule has 0 unspecified atom stereocenters. The summed E-state index contributed by atoms with van der Waals surface area (Å²) in [5.74, 6) is -1.38. The minimum atomic E-state index is -1.93. The van der Waals surface area contributed by atoms with E-state index in [0.29, 0.717) is 0 Å². The van der Waals surface area contributed by atoms with Crippen LogP contribution in [-0.4, -0.2) is 61.7 Å². The molecule has 0 aromatic heterocycles. The lowest BCUT2D eigenvalue weighted by Crippen LogP contribution is -2.46. The monoisotopic (exact) mass is 322 g/mol. The zero-order chi connectivity index (χ0) is 16.2. The molecule has 0 amide bonds. The van der Waals surface area contributed by atoms with Crippen LogP contribution in [0.2, 0.25) is 5.02 Å². The third-order valence-corrected chi connectivity index (χ3v) is 3.11. The van der Waals surface area contributed by atoms with Crippen molar-refractivity contribution >= 4 is 17.7 Å². The van der Waals surface area contributed by atoms with E-state index in [1.807, 2.05) is 0 Å². The van der Waals surface area contributed by atoms with Crippen molar-refractivity contribution in [3.8, 4) is 0 Å². The predicted molar refractivity (Wildman–Crippen MR) is 73.1 cm³/mol. The van der Waals surface area contributed by atoms with Crippen LogP contribution in [0.4, 0.5) is 4.39 Å². The van der Waals surface area contributed by atoms with Crippen LogP contribution >= 0.6 is 11.6 Å². The molecule has 0 bridgehead atoms. The highest BCUT2D eigenvalue weighted by molar-refractivity contribution is 6.30. The summed E-state index contributed by atoms with van der Waals surface area (Å²) in [6, 6.07) is 3.51. The minimum Gasteiger partial charge on any atom is -0.509 e. The number of hydrogen-bond acceptors (Lipinski definition) is 6. The molecule has 0 heterocycles. The molecule has 0 aliphatic heterocycles. The molecule has 0 aliphatic rings. The molecule has 0 spiro atoms. The molecule has 1 aromatic carbocycles. The van der Waals surface area contributed by atoms with Gasteiger partial charge in [-0.25, -0.2) is 4.39 Å². The van der Waals surface area contributed by atoms with E-state index in [0.717, 1.165) is 12.1 Å². The molecule has 0 radical (unpaired) electrons. The number of hydrogen-bond donors (Lipinski definition) is 6. The van der Waals surface area contributed by atoms with Gasteiger partial charge in [0.05, 0.1) is 11.6 Å². The van der Waals surface area contributed by atoms with Gasteiger partial charge in [0.15, 0.2) is 0 Å². The first-order chi connectivity index (χ1) is 9.77. The second-order valence-electron chi connectivity index (χ2n) is 4.42. The quantitative estimate of drug-likeness (QED) is 0.404. The predicted octanol–water partition coefficient (Wildman–Crippen LogP) is -0.186. The van der Waals surface area contributed by atoms with Crippen molar-refractivity contribution in [3.05, 3.63) is 40.4 Å². The van der Waals surface area contributed by atoms with Crippen molar-refractivity contribution in [1.29, 1.82) is 0 Å². The van der Waals surface area contributed by atoms with Crippen molar-refractivity contribution in [2.24, 2.45) is 0 Å². The Balaban J connectivity index is 2.87. The summed E-state index contributed by atoms with van der Waals surface area (Å²) < 4.78 is 13.0. The smallest absolute Gasteiger partial charge is 0.141 e. The molecule has 0 saturated carbocycles. The molecule has 8 heteroatoms. The summed E-state index contributed by atoms with van der Waals surface area (Å²) in [5, 5.41) is 55.9. The Kier molecular flexibility index (Phi) is 6.53. The van der Waals surface area contributed by atoms with Crippen LogP contribution in [0.25, 0.3) is 6.08 Å². The topological polar surface area (TPSA) is 121 Å². The molecule has 21 heavy (non-hydrogen) atoms. The zero-order valence-corrected chi connectivity index (χ0v) is 11.5. The van der Waals surface area contributed by atoms with Crippen molar-refractivity contribution in [2.75, 3.05) is 6.61 Å². The van der Waals surface area contributed by atoms with Crippen LogP contribution in [-0.2, 0) is 0 Å². The molecule has 0 saturated heterocycles. The van der Waals surface area contributed by atoms with E-state index in [-0.39, 0.29) is 10.6 Å². The van der Waals surface area contributed by atoms with Crippen molar-refractivity contribution < 1.29 is 35.0 Å². The highest BCUT2D eigenvalue weighted by Crippen LogP contribution is 2.19. The number of aliphatic hydroxyl groups excluding tert-OH is 6. The second kappa shape index (κ2) is 7.69. The maximum atomic E-state index is 13.0. The van der Waals surface area contributed by atoms with Crippen LogP contribution < -0.4 is 0 Å². The lowest BCUT2D eigenvalue weighted by Gasteiger charge is -2.25. The Morgan fingerprint density at radius 3 is 2.33 bits per heavy atom. The van der Waals surface area contributed by atoms with E-state index in [9.17, 15) is 24.8 Å². The molecular weight excluding hydrogens is 307 g/mol. The van der Waals surface area contributed by atoms with Gasteiger partial charge in [-0.15, -0.1) is 0 Å². The molecule has 6 nitrogen and oxygen atoms in total. The van der Waals surface area contributed by atoms with Crippen molar-refractivity contribution in [3.63, 3.8) is 0 Å². The number of halogens is 2. The van der Waals surface area contributed by atoms with Gasteiger partial charge in [-0.05, 0) is 23.8 Å². The van der Waals surface area contributed by atoms with E-state index in [4.69, 9.17) is 21.8 Å². The fourth-order valence-corrected chi connectivity index (χ4v) is 1.74. The lowest BCUT2D eigenvalue weighted by atomic mass is 10.0. The van der Waals surface area contributed by atoms with Gasteiger partial charge in [-0.1, -0.05) is 17.7 Å². The SMILES string of the molecule is OC[C@@H](O)[C@@H](O)[C@H](O)[C@@H](O)C(O)=Cc1ccc(F)c(Cl)c1. The van der Waals surface area contributed by atoms with Crippen LogP contribution in [0.3, 0.4) is 0 Å². The summed E-state index contributed by atoms with van der Waals surface area (Å²) in [6.45, 7) is -0.830. The Bertz CT molecular complexity index is 509. The summed E-state index contributed by atoms with van der Waals surface area (Å²) in [6.07, 6.45) is -6.37. The lowest BCUT2D eigenvalue weighted by molar-refractivity contribution is -0.112. The summed E-state index contributed by atoms with van der Waals surface area (Å²) in [7, 11) is 0. The van der Waals surface area contributed by atoms with Gasteiger partial charge in [-0.3, -0.25) is 0 Å².